The number of aromatic nitrogens is 1. The molecule has 1 unspecified atom stereocenters. The molecule has 1 N–H and O–H groups in total. The maximum Gasteiger partial charge on any atom is 0.0686 e. The Balaban J connectivity index is 1.92. The van der Waals surface area contributed by atoms with Gasteiger partial charge in [0.05, 0.1) is 6.04 Å². The van der Waals surface area contributed by atoms with E-state index < -0.39 is 0 Å². The molecular weight excluding hydrogens is 264 g/mol. The molecule has 0 saturated heterocycles. The van der Waals surface area contributed by atoms with Crippen LogP contribution in [0.5, 0.6) is 0 Å². The fraction of sp³-hybridized carbons (Fsp3) is 0.471. The second-order valence-corrected chi connectivity index (χ2v) is 6.60. The van der Waals surface area contributed by atoms with Crippen LogP contribution in [-0.2, 0) is 12.8 Å². The Morgan fingerprint density at radius 3 is 3.00 bits per heavy atom. The summed E-state index contributed by atoms with van der Waals surface area (Å²) >= 11 is 2.00. The van der Waals surface area contributed by atoms with Crippen molar-refractivity contribution >= 4 is 11.3 Å². The Kier molecular flexibility index (Phi) is 4.48. The Labute approximate surface area is 125 Å². The van der Waals surface area contributed by atoms with E-state index in [1.54, 1.807) is 10.4 Å². The van der Waals surface area contributed by atoms with E-state index in [2.05, 4.69) is 29.4 Å². The molecule has 0 bridgehead atoms. The van der Waals surface area contributed by atoms with Crippen molar-refractivity contribution in [2.75, 3.05) is 6.54 Å². The van der Waals surface area contributed by atoms with E-state index in [1.165, 1.54) is 42.5 Å². The van der Waals surface area contributed by atoms with Crippen LogP contribution in [0, 0.1) is 0 Å². The van der Waals surface area contributed by atoms with Gasteiger partial charge in [-0.1, -0.05) is 19.4 Å². The lowest BCUT2D eigenvalue weighted by Gasteiger charge is -2.16. The van der Waals surface area contributed by atoms with Crippen molar-refractivity contribution in [3.8, 4) is 0 Å². The molecular formula is C17H22N2S. The summed E-state index contributed by atoms with van der Waals surface area (Å²) in [7, 11) is 0. The number of nitrogens with zero attached hydrogens (tertiary/aromatic N) is 1. The van der Waals surface area contributed by atoms with Crippen molar-refractivity contribution in [2.45, 2.75) is 45.1 Å². The molecule has 0 aromatic carbocycles. The number of nitrogens with one attached hydrogen (secondary N) is 1. The van der Waals surface area contributed by atoms with E-state index in [9.17, 15) is 0 Å². The molecule has 3 heteroatoms. The minimum Gasteiger partial charge on any atom is -0.306 e. The van der Waals surface area contributed by atoms with Crippen LogP contribution in [0.15, 0.2) is 30.6 Å². The van der Waals surface area contributed by atoms with Crippen molar-refractivity contribution in [1.29, 1.82) is 0 Å². The van der Waals surface area contributed by atoms with Crippen molar-refractivity contribution in [1.82, 2.24) is 10.3 Å². The molecule has 3 rings (SSSR count). The van der Waals surface area contributed by atoms with Crippen LogP contribution in [0.2, 0.25) is 0 Å². The second kappa shape index (κ2) is 6.51. The van der Waals surface area contributed by atoms with Gasteiger partial charge in [0.15, 0.2) is 0 Å². The lowest BCUT2D eigenvalue weighted by molar-refractivity contribution is 0.636. The molecule has 0 spiro atoms. The lowest BCUT2D eigenvalue weighted by atomic mass is 10.1. The van der Waals surface area contributed by atoms with Crippen LogP contribution < -0.4 is 5.32 Å². The first kappa shape index (κ1) is 13.8. The van der Waals surface area contributed by atoms with E-state index in [0.717, 1.165) is 6.54 Å². The van der Waals surface area contributed by atoms with Crippen LogP contribution in [-0.4, -0.2) is 11.5 Å². The maximum atomic E-state index is 4.27. The smallest absolute Gasteiger partial charge is 0.0686 e. The molecule has 0 saturated carbocycles. The molecule has 0 fully saturated rings. The van der Waals surface area contributed by atoms with Crippen LogP contribution in [0.1, 0.15) is 53.1 Å². The van der Waals surface area contributed by atoms with Gasteiger partial charge in [0.2, 0.25) is 0 Å². The zero-order chi connectivity index (χ0) is 13.8. The van der Waals surface area contributed by atoms with Crippen LogP contribution in [0.25, 0.3) is 0 Å². The number of pyridine rings is 1. The summed E-state index contributed by atoms with van der Waals surface area (Å²) in [6, 6.07) is 6.93. The van der Waals surface area contributed by atoms with Gasteiger partial charge < -0.3 is 5.32 Å². The first-order valence-corrected chi connectivity index (χ1v) is 8.45. The number of rotatable bonds is 4. The molecule has 2 aromatic rings. The van der Waals surface area contributed by atoms with Gasteiger partial charge in [-0.15, -0.1) is 11.3 Å². The van der Waals surface area contributed by atoms with Gasteiger partial charge in [-0.05, 0) is 55.5 Å². The fourth-order valence-corrected chi connectivity index (χ4v) is 4.33. The highest BCUT2D eigenvalue weighted by molar-refractivity contribution is 7.12. The monoisotopic (exact) mass is 286 g/mol. The molecule has 2 nitrogen and oxygen atoms in total. The number of thiophene rings is 1. The standard InChI is InChI=1S/C17H22N2S/c1-2-19-17(14-8-6-10-18-12-14)16-11-13-7-4-3-5-9-15(13)20-16/h6,8,10-12,17,19H,2-5,7,9H2,1H3. The normalized spacial score (nSPS) is 16.4. The summed E-state index contributed by atoms with van der Waals surface area (Å²) in [4.78, 5) is 7.34. The molecule has 0 amide bonds. The molecule has 1 aliphatic carbocycles. The predicted molar refractivity (Wildman–Crippen MR) is 85.3 cm³/mol. The number of hydrogen-bond donors (Lipinski definition) is 1. The van der Waals surface area contributed by atoms with Crippen molar-refractivity contribution in [2.24, 2.45) is 0 Å². The first-order chi connectivity index (χ1) is 9.88. The summed E-state index contributed by atoms with van der Waals surface area (Å²) in [5.41, 5.74) is 2.86. The predicted octanol–water partition coefficient (Wildman–Crippen LogP) is 4.11. The summed E-state index contributed by atoms with van der Waals surface area (Å²) < 4.78 is 0. The molecule has 20 heavy (non-hydrogen) atoms. The van der Waals surface area contributed by atoms with Crippen molar-refractivity contribution in [3.63, 3.8) is 0 Å². The summed E-state index contributed by atoms with van der Waals surface area (Å²) in [5.74, 6) is 0. The summed E-state index contributed by atoms with van der Waals surface area (Å²) in [6.07, 6.45) is 10.4. The second-order valence-electron chi connectivity index (χ2n) is 5.43. The molecule has 1 atom stereocenters. The van der Waals surface area contributed by atoms with E-state index in [1.807, 2.05) is 29.8 Å². The average molecular weight is 286 g/mol. The third-order valence-corrected chi connectivity index (χ3v) is 5.28. The SMILES string of the molecule is CCNC(c1cccnc1)c1cc2c(s1)CCCCC2. The van der Waals surface area contributed by atoms with E-state index >= 15 is 0 Å². The van der Waals surface area contributed by atoms with Gasteiger partial charge in [-0.25, -0.2) is 0 Å². The average Bonchev–Trinajstić information content (AvgIpc) is 2.76. The highest BCUT2D eigenvalue weighted by Gasteiger charge is 2.19. The molecule has 1 aliphatic rings. The van der Waals surface area contributed by atoms with Crippen LogP contribution in [0.3, 0.4) is 0 Å². The van der Waals surface area contributed by atoms with Gasteiger partial charge in [0, 0.05) is 22.1 Å². The molecule has 2 aromatic heterocycles. The van der Waals surface area contributed by atoms with Crippen molar-refractivity contribution < 1.29 is 0 Å². The zero-order valence-corrected chi connectivity index (χ0v) is 12.9. The highest BCUT2D eigenvalue weighted by atomic mass is 32.1. The van der Waals surface area contributed by atoms with Crippen molar-refractivity contribution in [3.05, 3.63) is 51.5 Å². The molecule has 0 aliphatic heterocycles. The van der Waals surface area contributed by atoms with Gasteiger partial charge in [-0.2, -0.15) is 0 Å². The lowest BCUT2D eigenvalue weighted by Crippen LogP contribution is -2.21. The zero-order valence-electron chi connectivity index (χ0n) is 12.1. The summed E-state index contributed by atoms with van der Waals surface area (Å²) in [5, 5.41) is 3.61. The Morgan fingerprint density at radius 2 is 2.20 bits per heavy atom. The van der Waals surface area contributed by atoms with Crippen LogP contribution >= 0.6 is 11.3 Å². The topological polar surface area (TPSA) is 24.9 Å². The molecule has 106 valence electrons. The number of aryl methyl sites for hydroxylation is 2. The number of hydrogen-bond acceptors (Lipinski definition) is 3. The minimum absolute atomic E-state index is 0.297. The third kappa shape index (κ3) is 2.94. The van der Waals surface area contributed by atoms with Gasteiger partial charge in [0.25, 0.3) is 0 Å². The minimum atomic E-state index is 0.297. The fourth-order valence-electron chi connectivity index (χ4n) is 2.97. The Hall–Kier alpha value is -1.19. The third-order valence-electron chi connectivity index (χ3n) is 3.98. The Bertz CT molecular complexity index is 524. The van der Waals surface area contributed by atoms with E-state index in [-0.39, 0.29) is 0 Å². The Morgan fingerprint density at radius 1 is 1.30 bits per heavy atom. The first-order valence-electron chi connectivity index (χ1n) is 7.63. The van der Waals surface area contributed by atoms with Crippen LogP contribution in [0.4, 0.5) is 0 Å². The maximum absolute atomic E-state index is 4.27. The van der Waals surface area contributed by atoms with Gasteiger partial charge >= 0.3 is 0 Å². The largest absolute Gasteiger partial charge is 0.306 e. The molecule has 2 heterocycles. The highest BCUT2D eigenvalue weighted by Crippen LogP contribution is 2.34. The summed E-state index contributed by atoms with van der Waals surface area (Å²) in [6.45, 7) is 3.14. The van der Waals surface area contributed by atoms with Gasteiger partial charge in [0.1, 0.15) is 0 Å². The quantitative estimate of drug-likeness (QED) is 0.856. The molecule has 0 radical (unpaired) electrons. The van der Waals surface area contributed by atoms with E-state index in [4.69, 9.17) is 0 Å². The van der Waals surface area contributed by atoms with Gasteiger partial charge in [-0.3, -0.25) is 4.98 Å². The van der Waals surface area contributed by atoms with E-state index in [0.29, 0.717) is 6.04 Å². The number of fused-ring (bicyclic) bond motifs is 1.